The van der Waals surface area contributed by atoms with Crippen molar-refractivity contribution in [3.8, 4) is 56.5 Å². The van der Waals surface area contributed by atoms with Crippen LogP contribution in [0, 0.1) is 0 Å². The Kier molecular flexibility index (Phi) is 6.90. The van der Waals surface area contributed by atoms with Crippen molar-refractivity contribution in [2.75, 3.05) is 0 Å². The zero-order chi connectivity index (χ0) is 35.6. The summed E-state index contributed by atoms with van der Waals surface area (Å²) in [6.07, 6.45) is 6.66. The Morgan fingerprint density at radius 2 is 1.09 bits per heavy atom. The minimum Gasteiger partial charge on any atom is -0.456 e. The highest BCUT2D eigenvalue weighted by molar-refractivity contribution is 6.05. The van der Waals surface area contributed by atoms with E-state index in [0.717, 1.165) is 63.4 Å². The molecule has 2 heterocycles. The lowest BCUT2D eigenvalue weighted by Gasteiger charge is -2.41. The third-order valence-corrected chi connectivity index (χ3v) is 11.5. The molecule has 0 amide bonds. The lowest BCUT2D eigenvalue weighted by molar-refractivity contribution is 0.433. The molecule has 254 valence electrons. The van der Waals surface area contributed by atoms with Gasteiger partial charge in [-0.2, -0.15) is 0 Å². The fourth-order valence-electron chi connectivity index (χ4n) is 9.22. The van der Waals surface area contributed by atoms with Crippen LogP contribution < -0.4 is 4.74 Å². The van der Waals surface area contributed by atoms with Gasteiger partial charge in [-0.05, 0) is 75.2 Å². The van der Waals surface area contributed by atoms with Crippen LogP contribution in [0.4, 0.5) is 0 Å². The number of nitrogens with zero attached hydrogens (tertiary/aromatic N) is 2. The smallest absolute Gasteiger partial charge is 0.160 e. The number of allylic oxidation sites excluding steroid dienone is 4. The largest absolute Gasteiger partial charge is 0.456 e. The van der Waals surface area contributed by atoms with Gasteiger partial charge in [0, 0.05) is 27.8 Å². The lowest BCUT2D eigenvalue weighted by atomic mass is 9.63. The first-order valence-corrected chi connectivity index (χ1v) is 18.7. The molecule has 0 bridgehead atoms. The van der Waals surface area contributed by atoms with Gasteiger partial charge in [-0.3, -0.25) is 0 Å². The summed E-state index contributed by atoms with van der Waals surface area (Å²) in [5, 5.41) is 2.33. The van der Waals surface area contributed by atoms with Crippen LogP contribution in [0.15, 0.2) is 188 Å². The van der Waals surface area contributed by atoms with Gasteiger partial charge in [0.05, 0.1) is 16.8 Å². The standard InChI is InChI=1S/C51H34N2O/c1-3-16-33(17-4-1)35-30-31-40(37-21-8-7-20-36(35)37)46-32-47(53-50(52-46)34-18-5-2-6-19-34)41-24-15-28-45-49(41)54-48-29-14-13-27-44(48)51(45)42-25-11-9-22-38(42)39-23-10-12-26-43(39)51/h1-11,13-25,27-32H,12,26H2. The summed E-state index contributed by atoms with van der Waals surface area (Å²) < 4.78 is 7.07. The molecule has 0 radical (unpaired) electrons. The van der Waals surface area contributed by atoms with Crippen LogP contribution in [0.2, 0.25) is 0 Å². The maximum absolute atomic E-state index is 7.07. The van der Waals surface area contributed by atoms with Crippen molar-refractivity contribution in [3.05, 3.63) is 210 Å². The maximum Gasteiger partial charge on any atom is 0.160 e. The molecule has 3 nitrogen and oxygen atoms in total. The van der Waals surface area contributed by atoms with Gasteiger partial charge in [-0.1, -0.05) is 164 Å². The topological polar surface area (TPSA) is 35.0 Å². The molecule has 0 fully saturated rings. The number of benzene rings is 7. The molecular weight excluding hydrogens is 657 g/mol. The predicted octanol–water partition coefficient (Wildman–Crippen LogP) is 12.9. The molecule has 0 saturated carbocycles. The van der Waals surface area contributed by atoms with Crippen molar-refractivity contribution >= 4 is 16.3 Å². The third kappa shape index (κ3) is 4.48. The molecule has 3 aliphatic rings. The second kappa shape index (κ2) is 12.1. The average Bonchev–Trinajstić information content (AvgIpc) is 3.54. The van der Waals surface area contributed by atoms with Crippen molar-refractivity contribution in [2.45, 2.75) is 18.3 Å². The molecule has 3 heteroatoms. The van der Waals surface area contributed by atoms with Crippen LogP contribution >= 0.6 is 0 Å². The maximum atomic E-state index is 7.07. The second-order valence-corrected chi connectivity index (χ2v) is 14.3. The van der Waals surface area contributed by atoms with Crippen LogP contribution in [-0.4, -0.2) is 9.97 Å². The summed E-state index contributed by atoms with van der Waals surface area (Å²) >= 11 is 0. The molecule has 0 saturated heterocycles. The van der Waals surface area contributed by atoms with E-state index in [1.807, 2.05) is 18.2 Å². The molecule has 1 spiro atoms. The first kappa shape index (κ1) is 30.8. The van der Waals surface area contributed by atoms with Crippen molar-refractivity contribution in [1.29, 1.82) is 0 Å². The minimum absolute atomic E-state index is 0.474. The normalized spacial score (nSPS) is 16.4. The number of rotatable bonds is 4. The number of hydrogen-bond acceptors (Lipinski definition) is 3. The quantitative estimate of drug-likeness (QED) is 0.184. The summed E-state index contributed by atoms with van der Waals surface area (Å²) in [7, 11) is 0. The van der Waals surface area contributed by atoms with E-state index in [9.17, 15) is 0 Å². The molecular formula is C51H34N2O. The third-order valence-electron chi connectivity index (χ3n) is 11.5. The monoisotopic (exact) mass is 690 g/mol. The first-order valence-electron chi connectivity index (χ1n) is 18.7. The molecule has 7 aromatic carbocycles. The summed E-state index contributed by atoms with van der Waals surface area (Å²) in [6, 6.07) is 60.3. The predicted molar refractivity (Wildman–Crippen MR) is 219 cm³/mol. The number of ether oxygens (including phenoxy) is 1. The van der Waals surface area contributed by atoms with Gasteiger partial charge in [0.2, 0.25) is 0 Å². The average molecular weight is 691 g/mol. The fourth-order valence-corrected chi connectivity index (χ4v) is 9.22. The molecule has 1 atom stereocenters. The van der Waals surface area contributed by atoms with Gasteiger partial charge in [-0.25, -0.2) is 9.97 Å². The molecule has 1 aromatic heterocycles. The zero-order valence-corrected chi connectivity index (χ0v) is 29.5. The van der Waals surface area contributed by atoms with Crippen LogP contribution in [0.1, 0.15) is 35.1 Å². The number of fused-ring (bicyclic) bond motifs is 9. The first-order chi connectivity index (χ1) is 26.8. The van der Waals surface area contributed by atoms with Crippen LogP contribution in [0.5, 0.6) is 11.5 Å². The summed E-state index contributed by atoms with van der Waals surface area (Å²) in [5.41, 5.74) is 14.3. The van der Waals surface area contributed by atoms with Gasteiger partial charge in [0.1, 0.15) is 11.5 Å². The van der Waals surface area contributed by atoms with Gasteiger partial charge in [0.15, 0.2) is 5.82 Å². The van der Waals surface area contributed by atoms with Crippen molar-refractivity contribution < 1.29 is 4.74 Å². The Balaban J connectivity index is 1.17. The lowest BCUT2D eigenvalue weighted by Crippen LogP contribution is -2.33. The van der Waals surface area contributed by atoms with E-state index < -0.39 is 5.41 Å². The van der Waals surface area contributed by atoms with Crippen LogP contribution in [0.3, 0.4) is 0 Å². The van der Waals surface area contributed by atoms with Crippen molar-refractivity contribution in [3.63, 3.8) is 0 Å². The van der Waals surface area contributed by atoms with E-state index in [2.05, 4.69) is 164 Å². The summed E-state index contributed by atoms with van der Waals surface area (Å²) in [6.45, 7) is 0. The molecule has 1 aliphatic heterocycles. The van der Waals surface area contributed by atoms with E-state index in [1.165, 1.54) is 44.3 Å². The highest BCUT2D eigenvalue weighted by atomic mass is 16.5. The molecule has 2 aliphatic carbocycles. The van der Waals surface area contributed by atoms with Crippen molar-refractivity contribution in [2.24, 2.45) is 0 Å². The van der Waals surface area contributed by atoms with Gasteiger partial charge in [-0.15, -0.1) is 0 Å². The summed E-state index contributed by atoms with van der Waals surface area (Å²) in [4.78, 5) is 10.6. The van der Waals surface area contributed by atoms with E-state index in [4.69, 9.17) is 14.7 Å². The highest BCUT2D eigenvalue weighted by Crippen LogP contribution is 2.63. The van der Waals surface area contributed by atoms with E-state index in [1.54, 1.807) is 0 Å². The van der Waals surface area contributed by atoms with Gasteiger partial charge >= 0.3 is 0 Å². The van der Waals surface area contributed by atoms with Crippen LogP contribution in [0.25, 0.3) is 61.4 Å². The molecule has 54 heavy (non-hydrogen) atoms. The molecule has 8 aromatic rings. The molecule has 11 rings (SSSR count). The number of para-hydroxylation sites is 2. The number of hydrogen-bond donors (Lipinski definition) is 0. The fraction of sp³-hybridized carbons (Fsp3) is 0.0588. The zero-order valence-electron chi connectivity index (χ0n) is 29.5. The SMILES string of the molecule is C1=CC2=C(CC1)C1(c3ccccc3Oc3c(-c4cc(-c5ccc(-c6ccccc6)c6ccccc56)nc(-c5ccccc5)n4)cccc31)c1ccccc12. The Labute approximate surface area is 314 Å². The Bertz CT molecular complexity index is 2850. The molecule has 0 N–H and O–H groups in total. The second-order valence-electron chi connectivity index (χ2n) is 14.3. The Hall–Kier alpha value is -6.84. The Morgan fingerprint density at radius 1 is 0.481 bits per heavy atom. The van der Waals surface area contributed by atoms with E-state index in [-0.39, 0.29) is 0 Å². The highest BCUT2D eigenvalue weighted by Gasteiger charge is 2.52. The summed E-state index contributed by atoms with van der Waals surface area (Å²) in [5.74, 6) is 2.41. The van der Waals surface area contributed by atoms with Crippen LogP contribution in [-0.2, 0) is 5.41 Å². The van der Waals surface area contributed by atoms with Crippen molar-refractivity contribution in [1.82, 2.24) is 9.97 Å². The molecule has 1 unspecified atom stereocenters. The van der Waals surface area contributed by atoms with E-state index in [0.29, 0.717) is 5.82 Å². The van der Waals surface area contributed by atoms with Gasteiger partial charge in [0.25, 0.3) is 0 Å². The Morgan fingerprint density at radius 3 is 1.91 bits per heavy atom. The minimum atomic E-state index is -0.474. The van der Waals surface area contributed by atoms with E-state index >= 15 is 0 Å². The van der Waals surface area contributed by atoms with Gasteiger partial charge < -0.3 is 4.74 Å². The number of aromatic nitrogens is 2.